The maximum absolute atomic E-state index is 12.8. The Labute approximate surface area is 136 Å². The highest BCUT2D eigenvalue weighted by Gasteiger charge is 2.11. The molecule has 0 unspecified atom stereocenters. The van der Waals surface area contributed by atoms with E-state index in [-0.39, 0.29) is 18.2 Å². The van der Waals surface area contributed by atoms with Gasteiger partial charge in [0.1, 0.15) is 23.9 Å². The number of hydrogen-bond acceptors (Lipinski definition) is 3. The van der Waals surface area contributed by atoms with E-state index >= 15 is 0 Å². The molecule has 0 saturated heterocycles. The fourth-order valence-corrected chi connectivity index (χ4v) is 2.87. The number of halogens is 1. The molecule has 0 aliphatic heterocycles. The van der Waals surface area contributed by atoms with Gasteiger partial charge in [0.15, 0.2) is 0 Å². The van der Waals surface area contributed by atoms with E-state index < -0.39 is 10.0 Å². The average molecular weight is 337 g/mol. The smallest absolute Gasteiger partial charge is 0.236 e. The highest BCUT2D eigenvalue weighted by atomic mass is 32.2. The van der Waals surface area contributed by atoms with Crippen molar-refractivity contribution in [3.63, 3.8) is 0 Å². The molecular formula is C17H20FNO3S. The van der Waals surface area contributed by atoms with Crippen molar-refractivity contribution in [1.82, 2.24) is 0 Å². The zero-order valence-electron chi connectivity index (χ0n) is 13.1. The molecule has 0 aliphatic rings. The van der Waals surface area contributed by atoms with Crippen molar-refractivity contribution in [2.24, 2.45) is 0 Å². The summed E-state index contributed by atoms with van der Waals surface area (Å²) < 4.78 is 44.6. The molecule has 6 heteroatoms. The molecule has 0 heterocycles. The molecule has 2 aromatic carbocycles. The third-order valence-corrected chi connectivity index (χ3v) is 4.54. The minimum Gasteiger partial charge on any atom is -0.492 e. The molecule has 0 spiro atoms. The lowest BCUT2D eigenvalue weighted by molar-refractivity contribution is 0.340. The average Bonchev–Trinajstić information content (AvgIpc) is 2.49. The molecule has 2 rings (SSSR count). The Kier molecular flexibility index (Phi) is 5.60. The van der Waals surface area contributed by atoms with Crippen LogP contribution in [0.25, 0.3) is 0 Å². The summed E-state index contributed by atoms with van der Waals surface area (Å²) in [6.07, 6.45) is 0. The van der Waals surface area contributed by atoms with Crippen LogP contribution in [0, 0.1) is 5.82 Å². The van der Waals surface area contributed by atoms with Crippen LogP contribution in [0.1, 0.15) is 25.3 Å². The number of sulfonamides is 1. The van der Waals surface area contributed by atoms with Gasteiger partial charge in [-0.25, -0.2) is 12.8 Å². The van der Waals surface area contributed by atoms with Gasteiger partial charge < -0.3 is 4.74 Å². The van der Waals surface area contributed by atoms with Gasteiger partial charge in [-0.05, 0) is 47.9 Å². The van der Waals surface area contributed by atoms with Crippen molar-refractivity contribution in [3.8, 4) is 5.75 Å². The SMILES string of the molecule is CC(C)c1ccc(NS(=O)(=O)CCOc2ccc(F)cc2)cc1. The maximum atomic E-state index is 12.8. The third-order valence-electron chi connectivity index (χ3n) is 3.29. The summed E-state index contributed by atoms with van der Waals surface area (Å²) in [6, 6.07) is 12.7. The largest absolute Gasteiger partial charge is 0.492 e. The van der Waals surface area contributed by atoms with E-state index in [4.69, 9.17) is 4.74 Å². The maximum Gasteiger partial charge on any atom is 0.236 e. The quantitative estimate of drug-likeness (QED) is 0.837. The Morgan fingerprint density at radius 2 is 1.65 bits per heavy atom. The highest BCUT2D eigenvalue weighted by molar-refractivity contribution is 7.92. The van der Waals surface area contributed by atoms with Crippen LogP contribution in [0.4, 0.5) is 10.1 Å². The Morgan fingerprint density at radius 1 is 1.04 bits per heavy atom. The monoisotopic (exact) mass is 337 g/mol. The summed E-state index contributed by atoms with van der Waals surface area (Å²) in [6.45, 7) is 4.14. The van der Waals surface area contributed by atoms with Crippen LogP contribution in [0.15, 0.2) is 48.5 Å². The molecule has 0 aliphatic carbocycles. The Balaban J connectivity index is 1.87. The van der Waals surface area contributed by atoms with Crippen molar-refractivity contribution in [1.29, 1.82) is 0 Å². The molecular weight excluding hydrogens is 317 g/mol. The molecule has 1 N–H and O–H groups in total. The number of ether oxygens (including phenoxy) is 1. The van der Waals surface area contributed by atoms with E-state index in [0.29, 0.717) is 17.4 Å². The van der Waals surface area contributed by atoms with Crippen LogP contribution < -0.4 is 9.46 Å². The van der Waals surface area contributed by atoms with E-state index in [0.717, 1.165) is 5.56 Å². The molecule has 0 radical (unpaired) electrons. The predicted molar refractivity (Wildman–Crippen MR) is 89.8 cm³/mol. The summed E-state index contributed by atoms with van der Waals surface area (Å²) >= 11 is 0. The van der Waals surface area contributed by atoms with E-state index in [1.54, 1.807) is 12.1 Å². The number of rotatable bonds is 7. The molecule has 0 atom stereocenters. The molecule has 23 heavy (non-hydrogen) atoms. The first kappa shape index (κ1) is 17.3. The van der Waals surface area contributed by atoms with E-state index in [1.807, 2.05) is 12.1 Å². The molecule has 0 bridgehead atoms. The van der Waals surface area contributed by atoms with Gasteiger partial charge in [0.25, 0.3) is 0 Å². The Hall–Kier alpha value is -2.08. The lowest BCUT2D eigenvalue weighted by Crippen LogP contribution is -2.21. The summed E-state index contributed by atoms with van der Waals surface area (Å²) in [7, 11) is -3.50. The van der Waals surface area contributed by atoms with Gasteiger partial charge in [0, 0.05) is 5.69 Å². The fourth-order valence-electron chi connectivity index (χ4n) is 1.97. The minimum atomic E-state index is -3.50. The van der Waals surface area contributed by atoms with Crippen LogP contribution in [-0.4, -0.2) is 20.8 Å². The van der Waals surface area contributed by atoms with Crippen LogP contribution in [-0.2, 0) is 10.0 Å². The van der Waals surface area contributed by atoms with Crippen LogP contribution >= 0.6 is 0 Å². The highest BCUT2D eigenvalue weighted by Crippen LogP contribution is 2.18. The second-order valence-electron chi connectivity index (χ2n) is 5.50. The molecule has 2 aromatic rings. The lowest BCUT2D eigenvalue weighted by Gasteiger charge is -2.11. The second kappa shape index (κ2) is 7.46. The van der Waals surface area contributed by atoms with Gasteiger partial charge in [0.2, 0.25) is 10.0 Å². The topological polar surface area (TPSA) is 55.4 Å². The van der Waals surface area contributed by atoms with E-state index in [1.165, 1.54) is 24.3 Å². The second-order valence-corrected chi connectivity index (χ2v) is 7.34. The Bertz CT molecular complexity index is 725. The van der Waals surface area contributed by atoms with Crippen LogP contribution in [0.5, 0.6) is 5.75 Å². The van der Waals surface area contributed by atoms with Crippen LogP contribution in [0.2, 0.25) is 0 Å². The zero-order valence-corrected chi connectivity index (χ0v) is 13.9. The molecule has 0 aromatic heterocycles. The third kappa shape index (κ3) is 5.56. The standard InChI is InChI=1S/C17H20FNO3S/c1-13(2)14-3-7-16(8-4-14)19-23(20,21)12-11-22-17-9-5-15(18)6-10-17/h3-10,13,19H,11-12H2,1-2H3. The molecule has 124 valence electrons. The van der Waals surface area contributed by atoms with Crippen molar-refractivity contribution >= 4 is 15.7 Å². The number of hydrogen-bond donors (Lipinski definition) is 1. The van der Waals surface area contributed by atoms with Crippen LogP contribution in [0.3, 0.4) is 0 Å². The zero-order chi connectivity index (χ0) is 16.9. The van der Waals surface area contributed by atoms with Gasteiger partial charge in [0.05, 0.1) is 0 Å². The lowest BCUT2D eigenvalue weighted by atomic mass is 10.0. The molecule has 0 fully saturated rings. The minimum absolute atomic E-state index is 0.00889. The summed E-state index contributed by atoms with van der Waals surface area (Å²) in [5, 5.41) is 0. The van der Waals surface area contributed by atoms with Crippen molar-refractivity contribution < 1.29 is 17.5 Å². The number of anilines is 1. The van der Waals surface area contributed by atoms with E-state index in [9.17, 15) is 12.8 Å². The summed E-state index contributed by atoms with van der Waals surface area (Å²) in [4.78, 5) is 0. The predicted octanol–water partition coefficient (Wildman–Crippen LogP) is 3.77. The molecule has 0 amide bonds. The molecule has 4 nitrogen and oxygen atoms in total. The van der Waals surface area contributed by atoms with Crippen molar-refractivity contribution in [2.45, 2.75) is 19.8 Å². The van der Waals surface area contributed by atoms with Gasteiger partial charge >= 0.3 is 0 Å². The number of nitrogens with one attached hydrogen (secondary N) is 1. The Morgan fingerprint density at radius 3 is 2.22 bits per heavy atom. The first-order valence-corrected chi connectivity index (χ1v) is 9.00. The first-order chi connectivity index (χ1) is 10.9. The van der Waals surface area contributed by atoms with Gasteiger partial charge in [-0.1, -0.05) is 26.0 Å². The first-order valence-electron chi connectivity index (χ1n) is 7.34. The number of benzene rings is 2. The molecule has 0 saturated carbocycles. The van der Waals surface area contributed by atoms with E-state index in [2.05, 4.69) is 18.6 Å². The summed E-state index contributed by atoms with van der Waals surface area (Å²) in [5.41, 5.74) is 1.67. The normalized spacial score (nSPS) is 11.5. The van der Waals surface area contributed by atoms with Crippen molar-refractivity contribution in [2.75, 3.05) is 17.1 Å². The van der Waals surface area contributed by atoms with Gasteiger partial charge in [-0.15, -0.1) is 0 Å². The van der Waals surface area contributed by atoms with Gasteiger partial charge in [-0.2, -0.15) is 0 Å². The van der Waals surface area contributed by atoms with Crippen molar-refractivity contribution in [3.05, 3.63) is 59.9 Å². The fraction of sp³-hybridized carbons (Fsp3) is 0.294. The van der Waals surface area contributed by atoms with Gasteiger partial charge in [-0.3, -0.25) is 4.72 Å². The summed E-state index contributed by atoms with van der Waals surface area (Å²) in [5.74, 6) is 0.278.